The number of sulfonamides is 1. The summed E-state index contributed by atoms with van der Waals surface area (Å²) in [5.74, 6) is -0.616. The van der Waals surface area contributed by atoms with Gasteiger partial charge in [0.1, 0.15) is 16.5 Å². The van der Waals surface area contributed by atoms with Crippen LogP contribution in [0, 0.1) is 11.6 Å². The van der Waals surface area contributed by atoms with E-state index in [1.807, 2.05) is 0 Å². The molecule has 1 N–H and O–H groups in total. The number of rotatable bonds is 8. The van der Waals surface area contributed by atoms with E-state index >= 15 is 0 Å². The third-order valence-corrected chi connectivity index (χ3v) is 7.95. The Kier molecular flexibility index (Phi) is 6.63. The maximum atomic E-state index is 13.9. The minimum Gasteiger partial charge on any atom is -0.493 e. The number of nitrogens with one attached hydrogen (secondary N) is 1. The van der Waals surface area contributed by atoms with Crippen LogP contribution < -0.4 is 14.2 Å². The summed E-state index contributed by atoms with van der Waals surface area (Å²) in [6, 6.07) is 3.59. The van der Waals surface area contributed by atoms with Crippen LogP contribution in [0.5, 0.6) is 11.5 Å². The molecule has 0 aromatic heterocycles. The molecule has 0 saturated heterocycles. The molecule has 1 aliphatic carbocycles. The molecule has 0 spiro atoms. The topological polar surface area (TPSA) is 67.9 Å². The van der Waals surface area contributed by atoms with E-state index in [1.165, 1.54) is 16.7 Å². The van der Waals surface area contributed by atoms with E-state index in [4.69, 9.17) is 21.1 Å². The normalized spacial score (nSPS) is 18.0. The molecule has 10 heteroatoms. The smallest absolute Gasteiger partial charge is 0.243 e. The van der Waals surface area contributed by atoms with Gasteiger partial charge in [-0.05, 0) is 48.9 Å². The minimum atomic E-state index is -4.13. The predicted octanol–water partition coefficient (Wildman–Crippen LogP) is 3.85. The van der Waals surface area contributed by atoms with Crippen molar-refractivity contribution >= 4 is 21.6 Å². The fraction of sp³-hybridized carbons (Fsp3) is 0.455. The first-order valence-electron chi connectivity index (χ1n) is 10.4. The van der Waals surface area contributed by atoms with E-state index < -0.39 is 31.6 Å². The third kappa shape index (κ3) is 4.19. The van der Waals surface area contributed by atoms with E-state index in [-0.39, 0.29) is 12.6 Å². The minimum absolute atomic E-state index is 0.131. The molecule has 0 amide bonds. The van der Waals surface area contributed by atoms with Crippen LogP contribution in [0.1, 0.15) is 35.6 Å². The summed E-state index contributed by atoms with van der Waals surface area (Å²) in [4.78, 5) is 1.70. The van der Waals surface area contributed by atoms with Crippen molar-refractivity contribution < 1.29 is 26.7 Å². The van der Waals surface area contributed by atoms with Crippen molar-refractivity contribution in [3.05, 3.63) is 51.5 Å². The summed E-state index contributed by atoms with van der Waals surface area (Å²) in [5.41, 5.74) is 3.78. The zero-order chi connectivity index (χ0) is 23.0. The number of benzene rings is 2. The van der Waals surface area contributed by atoms with Crippen LogP contribution in [0.3, 0.4) is 0 Å². The predicted molar refractivity (Wildman–Crippen MR) is 117 cm³/mol. The van der Waals surface area contributed by atoms with Gasteiger partial charge in [0.25, 0.3) is 0 Å². The zero-order valence-electron chi connectivity index (χ0n) is 17.9. The van der Waals surface area contributed by atoms with Crippen molar-refractivity contribution in [2.24, 2.45) is 0 Å². The lowest BCUT2D eigenvalue weighted by molar-refractivity contribution is 0.184. The molecule has 2 aliphatic rings. The number of hydrogen-bond donors (Lipinski definition) is 1. The first kappa shape index (κ1) is 23.2. The Bertz CT molecular complexity index is 1140. The second-order valence-corrected chi connectivity index (χ2v) is 10.1. The molecule has 1 heterocycles. The third-order valence-electron chi connectivity index (χ3n) is 6.19. The second-order valence-electron chi connectivity index (χ2n) is 7.95. The monoisotopic (exact) mass is 486 g/mol. The van der Waals surface area contributed by atoms with Crippen LogP contribution in [-0.2, 0) is 22.9 Å². The van der Waals surface area contributed by atoms with E-state index in [1.54, 1.807) is 14.2 Å². The molecule has 6 nitrogen and oxygen atoms in total. The Morgan fingerprint density at radius 2 is 1.94 bits per heavy atom. The van der Waals surface area contributed by atoms with Gasteiger partial charge in [-0.2, -0.15) is 0 Å². The molecule has 32 heavy (non-hydrogen) atoms. The van der Waals surface area contributed by atoms with Gasteiger partial charge < -0.3 is 9.47 Å². The summed E-state index contributed by atoms with van der Waals surface area (Å²) < 4.78 is 65.6. The lowest BCUT2D eigenvalue weighted by Gasteiger charge is -2.35. The summed E-state index contributed by atoms with van der Waals surface area (Å²) in [6.07, 6.45) is 3.30. The molecular weight excluding hydrogens is 462 g/mol. The van der Waals surface area contributed by atoms with Gasteiger partial charge in [-0.25, -0.2) is 21.9 Å². The molecule has 1 unspecified atom stereocenters. The van der Waals surface area contributed by atoms with E-state index in [2.05, 4.69) is 15.7 Å². The molecule has 0 radical (unpaired) electrons. The fourth-order valence-electron chi connectivity index (χ4n) is 4.77. The van der Waals surface area contributed by atoms with Crippen molar-refractivity contribution in [1.82, 2.24) is 9.62 Å². The highest BCUT2D eigenvalue weighted by Crippen LogP contribution is 2.48. The first-order chi connectivity index (χ1) is 15.3. The fourth-order valence-corrected chi connectivity index (χ4v) is 6.15. The van der Waals surface area contributed by atoms with Crippen LogP contribution in [-0.4, -0.2) is 47.2 Å². The van der Waals surface area contributed by atoms with Crippen molar-refractivity contribution in [2.75, 3.05) is 33.9 Å². The molecular formula is C22H25ClF2N2O4S. The van der Waals surface area contributed by atoms with Gasteiger partial charge in [0, 0.05) is 37.3 Å². The quantitative estimate of drug-likeness (QED) is 0.453. The SMILES string of the molecule is COc1cc2c3c(c1OC)CCC3N(CCCNS(=O)(=O)c1cc(Cl)c(F)cc1F)CC2. The number of hydrogen-bond acceptors (Lipinski definition) is 5. The Balaban J connectivity index is 1.41. The summed E-state index contributed by atoms with van der Waals surface area (Å²) in [5, 5.41) is -0.442. The van der Waals surface area contributed by atoms with Crippen molar-refractivity contribution in [3.63, 3.8) is 0 Å². The van der Waals surface area contributed by atoms with E-state index in [0.29, 0.717) is 19.0 Å². The van der Waals surface area contributed by atoms with E-state index in [9.17, 15) is 17.2 Å². The lowest BCUT2D eigenvalue weighted by atomic mass is 9.92. The zero-order valence-corrected chi connectivity index (χ0v) is 19.5. The molecule has 174 valence electrons. The summed E-state index contributed by atoms with van der Waals surface area (Å²) >= 11 is 5.62. The van der Waals surface area contributed by atoms with Crippen LogP contribution in [0.4, 0.5) is 8.78 Å². The van der Waals surface area contributed by atoms with Gasteiger partial charge in [-0.1, -0.05) is 11.6 Å². The highest BCUT2D eigenvalue weighted by atomic mass is 35.5. The Morgan fingerprint density at radius 1 is 1.16 bits per heavy atom. The molecule has 0 bridgehead atoms. The Hall–Kier alpha value is -1.94. The van der Waals surface area contributed by atoms with Crippen molar-refractivity contribution in [2.45, 2.75) is 36.6 Å². The van der Waals surface area contributed by atoms with Crippen LogP contribution in [0.2, 0.25) is 5.02 Å². The molecule has 2 aromatic rings. The van der Waals surface area contributed by atoms with Crippen LogP contribution in [0.15, 0.2) is 23.1 Å². The van der Waals surface area contributed by atoms with Gasteiger partial charge in [-0.3, -0.25) is 4.90 Å². The molecule has 0 saturated carbocycles. The Morgan fingerprint density at radius 3 is 2.66 bits per heavy atom. The number of methoxy groups -OCH3 is 2. The Labute approximate surface area is 191 Å². The molecule has 4 rings (SSSR count). The molecule has 1 atom stereocenters. The van der Waals surface area contributed by atoms with E-state index in [0.717, 1.165) is 43.4 Å². The largest absolute Gasteiger partial charge is 0.493 e. The van der Waals surface area contributed by atoms with Gasteiger partial charge in [0.2, 0.25) is 10.0 Å². The molecule has 0 fully saturated rings. The highest BCUT2D eigenvalue weighted by molar-refractivity contribution is 7.89. The average Bonchev–Trinajstić information content (AvgIpc) is 3.21. The lowest BCUT2D eigenvalue weighted by Crippen LogP contribution is -2.36. The van der Waals surface area contributed by atoms with Crippen LogP contribution in [0.25, 0.3) is 0 Å². The van der Waals surface area contributed by atoms with Crippen LogP contribution >= 0.6 is 11.6 Å². The van der Waals surface area contributed by atoms with Crippen molar-refractivity contribution in [3.8, 4) is 11.5 Å². The van der Waals surface area contributed by atoms with Gasteiger partial charge in [-0.15, -0.1) is 0 Å². The summed E-state index contributed by atoms with van der Waals surface area (Å²) in [7, 11) is -0.838. The average molecular weight is 487 g/mol. The standard InChI is InChI=1S/C22H25ClF2N2O4S/c1-30-19-10-13-6-9-27(18-5-4-14(21(13)18)22(19)31-2)8-3-7-26-32(28,29)20-11-15(23)16(24)12-17(20)25/h10-12,18,26H,3-9H2,1-2H3. The second kappa shape index (κ2) is 9.13. The first-order valence-corrected chi connectivity index (χ1v) is 12.3. The van der Waals surface area contributed by atoms with Gasteiger partial charge >= 0.3 is 0 Å². The molecule has 2 aromatic carbocycles. The molecule has 1 aliphatic heterocycles. The van der Waals surface area contributed by atoms with Crippen molar-refractivity contribution in [1.29, 1.82) is 0 Å². The van der Waals surface area contributed by atoms with Gasteiger partial charge in [0.05, 0.1) is 19.2 Å². The van der Waals surface area contributed by atoms with Gasteiger partial charge in [0.15, 0.2) is 11.5 Å². The number of halogens is 3. The highest BCUT2D eigenvalue weighted by Gasteiger charge is 2.36. The number of ether oxygens (including phenoxy) is 2. The summed E-state index contributed by atoms with van der Waals surface area (Å²) in [6.45, 7) is 1.68. The maximum Gasteiger partial charge on any atom is 0.243 e. The number of nitrogens with zero attached hydrogens (tertiary/aromatic N) is 1. The maximum absolute atomic E-state index is 13.9.